The summed E-state index contributed by atoms with van der Waals surface area (Å²) < 4.78 is 15.8. The van der Waals surface area contributed by atoms with Crippen molar-refractivity contribution < 1.29 is 9.18 Å². The predicted molar refractivity (Wildman–Crippen MR) is 116 cm³/mol. The minimum atomic E-state index is -0.435. The maximum absolute atomic E-state index is 14.3. The van der Waals surface area contributed by atoms with Gasteiger partial charge in [-0.3, -0.25) is 14.5 Å². The molecule has 3 aromatic heterocycles. The van der Waals surface area contributed by atoms with Crippen molar-refractivity contribution >= 4 is 28.4 Å². The Morgan fingerprint density at radius 2 is 2.10 bits per heavy atom. The third kappa shape index (κ3) is 5.08. The first kappa shape index (κ1) is 22.0. The molecule has 4 aromatic rings. The van der Waals surface area contributed by atoms with E-state index < -0.39 is 5.82 Å². The number of pyridine rings is 1. The molecule has 0 bridgehead atoms. The smallest absolute Gasteiger partial charge is 0.253 e. The van der Waals surface area contributed by atoms with Gasteiger partial charge in [0.25, 0.3) is 5.91 Å². The van der Waals surface area contributed by atoms with E-state index in [2.05, 4.69) is 20.4 Å². The number of fused-ring (bicyclic) bond motifs is 1. The van der Waals surface area contributed by atoms with Gasteiger partial charge < -0.3 is 10.3 Å². The van der Waals surface area contributed by atoms with Crippen LogP contribution in [0.3, 0.4) is 0 Å². The Labute approximate surface area is 183 Å². The Balaban J connectivity index is 0.00000132. The summed E-state index contributed by atoms with van der Waals surface area (Å²) in [7, 11) is 0. The minimum absolute atomic E-state index is 0.0109. The standard InChI is InChI=1S/C20H14ClFN6O.C2H6/c21-17-9-25-19-3-18(22)14(2-16(17)19)8-26-20(29)15-1-12(5-24-7-15)10-28-11-13(4-23)6-27-28;1-2/h1-3,5-7,9,11,25H,8,10H2,(H,26,29);1-2H3. The number of amides is 1. The van der Waals surface area contributed by atoms with Crippen LogP contribution in [0.15, 0.2) is 49.2 Å². The van der Waals surface area contributed by atoms with Crippen molar-refractivity contribution in [3.05, 3.63) is 82.3 Å². The molecule has 0 aliphatic heterocycles. The second-order valence-corrected chi connectivity index (χ2v) is 6.84. The van der Waals surface area contributed by atoms with Crippen molar-refractivity contribution in [1.82, 2.24) is 25.1 Å². The summed E-state index contributed by atoms with van der Waals surface area (Å²) in [6.07, 6.45) is 7.71. The van der Waals surface area contributed by atoms with Crippen LogP contribution in [0.25, 0.3) is 10.9 Å². The van der Waals surface area contributed by atoms with E-state index in [0.717, 1.165) is 5.56 Å². The number of nitrogens with one attached hydrogen (secondary N) is 2. The van der Waals surface area contributed by atoms with E-state index in [9.17, 15) is 9.18 Å². The van der Waals surface area contributed by atoms with Gasteiger partial charge in [-0.25, -0.2) is 4.39 Å². The Morgan fingerprint density at radius 3 is 2.84 bits per heavy atom. The second-order valence-electron chi connectivity index (χ2n) is 6.43. The SMILES string of the molecule is CC.N#Cc1cnn(Cc2cncc(C(=O)NCc3cc4c(Cl)c[nH]c4cc3F)c2)c1. The molecule has 7 nitrogen and oxygen atoms in total. The topological polar surface area (TPSA) is 99.4 Å². The van der Waals surface area contributed by atoms with Crippen molar-refractivity contribution in [3.63, 3.8) is 0 Å². The van der Waals surface area contributed by atoms with Crippen LogP contribution in [0, 0.1) is 17.1 Å². The van der Waals surface area contributed by atoms with E-state index in [1.165, 1.54) is 18.5 Å². The van der Waals surface area contributed by atoms with Crippen molar-refractivity contribution in [3.8, 4) is 6.07 Å². The van der Waals surface area contributed by atoms with Gasteiger partial charge >= 0.3 is 0 Å². The lowest BCUT2D eigenvalue weighted by Gasteiger charge is -2.08. The van der Waals surface area contributed by atoms with Crippen LogP contribution in [-0.2, 0) is 13.1 Å². The number of benzene rings is 1. The second kappa shape index (κ2) is 9.87. The summed E-state index contributed by atoms with van der Waals surface area (Å²) in [6.45, 7) is 4.38. The number of rotatable bonds is 5. The number of carbonyl (C=O) groups is 1. The zero-order valence-corrected chi connectivity index (χ0v) is 17.7. The van der Waals surface area contributed by atoms with Gasteiger partial charge in [0.1, 0.15) is 11.9 Å². The lowest BCUT2D eigenvalue weighted by molar-refractivity contribution is 0.0950. The Morgan fingerprint density at radius 1 is 1.29 bits per heavy atom. The highest BCUT2D eigenvalue weighted by Crippen LogP contribution is 2.25. The number of nitriles is 1. The van der Waals surface area contributed by atoms with Gasteiger partial charge in [-0.05, 0) is 23.8 Å². The maximum atomic E-state index is 14.3. The highest BCUT2D eigenvalue weighted by molar-refractivity contribution is 6.35. The first-order valence-corrected chi connectivity index (χ1v) is 10.0. The van der Waals surface area contributed by atoms with E-state index in [1.54, 1.807) is 35.4 Å². The lowest BCUT2D eigenvalue weighted by atomic mass is 10.1. The molecule has 1 amide bonds. The predicted octanol–water partition coefficient (Wildman–Crippen LogP) is 4.43. The molecule has 4 rings (SSSR count). The molecule has 0 saturated carbocycles. The average molecular weight is 439 g/mol. The third-order valence-electron chi connectivity index (χ3n) is 4.40. The van der Waals surface area contributed by atoms with Gasteiger partial charge in [0.15, 0.2) is 0 Å². The summed E-state index contributed by atoms with van der Waals surface area (Å²) in [5.74, 6) is -0.813. The Kier molecular flexibility index (Phi) is 7.00. The number of hydrogen-bond donors (Lipinski definition) is 2. The van der Waals surface area contributed by atoms with Crippen molar-refractivity contribution in [1.29, 1.82) is 5.26 Å². The first-order valence-electron chi connectivity index (χ1n) is 9.63. The number of halogens is 2. The molecule has 0 aliphatic carbocycles. The van der Waals surface area contributed by atoms with Crippen LogP contribution in [0.2, 0.25) is 5.02 Å². The van der Waals surface area contributed by atoms with Crippen molar-refractivity contribution in [2.45, 2.75) is 26.9 Å². The number of H-pyrrole nitrogens is 1. The van der Waals surface area contributed by atoms with E-state index in [-0.39, 0.29) is 12.5 Å². The van der Waals surface area contributed by atoms with Crippen LogP contribution < -0.4 is 5.32 Å². The van der Waals surface area contributed by atoms with Gasteiger partial charge in [0, 0.05) is 47.8 Å². The molecule has 0 unspecified atom stereocenters. The molecule has 0 saturated heterocycles. The van der Waals surface area contributed by atoms with E-state index >= 15 is 0 Å². The molecule has 0 fully saturated rings. The molecular formula is C22H20ClFN6O. The number of aromatic nitrogens is 4. The summed E-state index contributed by atoms with van der Waals surface area (Å²) in [5.41, 5.74) is 2.47. The zero-order chi connectivity index (χ0) is 22.4. The number of aromatic amines is 1. The zero-order valence-electron chi connectivity index (χ0n) is 17.0. The third-order valence-corrected chi connectivity index (χ3v) is 4.71. The summed E-state index contributed by atoms with van der Waals surface area (Å²) >= 11 is 6.08. The Bertz CT molecular complexity index is 1260. The van der Waals surface area contributed by atoms with E-state index in [1.807, 2.05) is 19.9 Å². The van der Waals surface area contributed by atoms with Gasteiger partial charge in [-0.15, -0.1) is 0 Å². The molecule has 31 heavy (non-hydrogen) atoms. The van der Waals surface area contributed by atoms with Crippen LogP contribution in [-0.4, -0.2) is 25.7 Å². The van der Waals surface area contributed by atoms with Crippen LogP contribution >= 0.6 is 11.6 Å². The molecule has 3 heterocycles. The largest absolute Gasteiger partial charge is 0.360 e. The fourth-order valence-corrected chi connectivity index (χ4v) is 3.17. The highest BCUT2D eigenvalue weighted by atomic mass is 35.5. The summed E-state index contributed by atoms with van der Waals surface area (Å²) in [6, 6.07) is 6.65. The van der Waals surface area contributed by atoms with Gasteiger partial charge in [-0.1, -0.05) is 25.4 Å². The lowest BCUT2D eigenvalue weighted by Crippen LogP contribution is -2.23. The highest BCUT2D eigenvalue weighted by Gasteiger charge is 2.12. The van der Waals surface area contributed by atoms with Crippen LogP contribution in [0.5, 0.6) is 0 Å². The van der Waals surface area contributed by atoms with Crippen LogP contribution in [0.4, 0.5) is 4.39 Å². The normalized spacial score (nSPS) is 10.3. The van der Waals surface area contributed by atoms with Crippen LogP contribution in [0.1, 0.15) is 40.9 Å². The summed E-state index contributed by atoms with van der Waals surface area (Å²) in [5, 5.41) is 16.8. The molecule has 9 heteroatoms. The Hall–Kier alpha value is -3.70. The molecule has 158 valence electrons. The molecule has 2 N–H and O–H groups in total. The number of carbonyl (C=O) groups excluding carboxylic acids is 1. The molecule has 0 radical (unpaired) electrons. The first-order chi connectivity index (χ1) is 15.0. The van der Waals surface area contributed by atoms with Crippen molar-refractivity contribution in [2.24, 2.45) is 0 Å². The summed E-state index contributed by atoms with van der Waals surface area (Å²) in [4.78, 5) is 19.5. The fourth-order valence-electron chi connectivity index (χ4n) is 2.96. The molecule has 0 aliphatic rings. The number of hydrogen-bond acceptors (Lipinski definition) is 4. The average Bonchev–Trinajstić information content (AvgIpc) is 3.39. The molecular weight excluding hydrogens is 419 g/mol. The van der Waals surface area contributed by atoms with Gasteiger partial charge in [0.05, 0.1) is 28.9 Å². The number of nitrogens with zero attached hydrogens (tertiary/aromatic N) is 4. The van der Waals surface area contributed by atoms with E-state index in [4.69, 9.17) is 16.9 Å². The van der Waals surface area contributed by atoms with Gasteiger partial charge in [-0.2, -0.15) is 10.4 Å². The molecule has 1 aromatic carbocycles. The van der Waals surface area contributed by atoms with E-state index in [0.29, 0.717) is 39.2 Å². The fraction of sp³-hybridized carbons (Fsp3) is 0.182. The molecule has 0 atom stereocenters. The van der Waals surface area contributed by atoms with Crippen molar-refractivity contribution in [2.75, 3.05) is 0 Å². The maximum Gasteiger partial charge on any atom is 0.253 e. The minimum Gasteiger partial charge on any atom is -0.360 e. The quantitative estimate of drug-likeness (QED) is 0.481. The van der Waals surface area contributed by atoms with Gasteiger partial charge in [0.2, 0.25) is 0 Å². The monoisotopic (exact) mass is 438 g/mol. The molecule has 0 spiro atoms.